The van der Waals surface area contributed by atoms with E-state index in [2.05, 4.69) is 16.9 Å². The first-order chi connectivity index (χ1) is 17.2. The molecule has 1 aromatic carbocycles. The topological polar surface area (TPSA) is 76.5 Å². The van der Waals surface area contributed by atoms with Crippen LogP contribution in [0.3, 0.4) is 0 Å². The summed E-state index contributed by atoms with van der Waals surface area (Å²) in [5.74, 6) is -0.645. The molecule has 0 spiro atoms. The van der Waals surface area contributed by atoms with Gasteiger partial charge in [-0.3, -0.25) is 14.2 Å². The van der Waals surface area contributed by atoms with E-state index in [9.17, 15) is 22.8 Å². The summed E-state index contributed by atoms with van der Waals surface area (Å²) in [6.45, 7) is 7.80. The minimum atomic E-state index is -4.55. The summed E-state index contributed by atoms with van der Waals surface area (Å²) >= 11 is 2.48. The summed E-state index contributed by atoms with van der Waals surface area (Å²) in [6, 6.07) is 5.16. The number of aromatic nitrogens is 2. The zero-order valence-electron chi connectivity index (χ0n) is 19.6. The molecule has 1 N–H and O–H groups in total. The van der Waals surface area contributed by atoms with Gasteiger partial charge in [-0.05, 0) is 30.7 Å². The Bertz CT molecular complexity index is 1330. The van der Waals surface area contributed by atoms with E-state index in [-0.39, 0.29) is 23.5 Å². The van der Waals surface area contributed by atoms with Crippen molar-refractivity contribution in [2.75, 3.05) is 42.3 Å². The van der Waals surface area contributed by atoms with Crippen molar-refractivity contribution in [3.8, 4) is 0 Å². The molecule has 1 amide bonds. The second-order valence-electron chi connectivity index (χ2n) is 8.05. The maximum Gasteiger partial charge on any atom is 0.416 e. The van der Waals surface area contributed by atoms with E-state index in [1.807, 2.05) is 17.9 Å². The normalized spacial score (nSPS) is 14.3. The van der Waals surface area contributed by atoms with Gasteiger partial charge in [0.1, 0.15) is 4.83 Å². The molecule has 7 nitrogen and oxygen atoms in total. The number of allylic oxidation sites excluding steroid dienone is 1. The first-order valence-corrected chi connectivity index (χ1v) is 13.1. The maximum atomic E-state index is 13.4. The monoisotopic (exact) mass is 538 g/mol. The first kappa shape index (κ1) is 26.2. The van der Waals surface area contributed by atoms with Gasteiger partial charge in [0.2, 0.25) is 5.91 Å². The number of amides is 1. The number of thioether (sulfide) groups is 1. The van der Waals surface area contributed by atoms with Crippen molar-refractivity contribution in [2.24, 2.45) is 0 Å². The van der Waals surface area contributed by atoms with E-state index in [4.69, 9.17) is 4.74 Å². The molecule has 192 valence electrons. The number of thiophene rings is 1. The summed E-state index contributed by atoms with van der Waals surface area (Å²) in [6.07, 6.45) is -2.20. The number of anilines is 2. The summed E-state index contributed by atoms with van der Waals surface area (Å²) < 4.78 is 46.9. The van der Waals surface area contributed by atoms with Crippen molar-refractivity contribution in [1.82, 2.24) is 9.55 Å². The second-order valence-corrected chi connectivity index (χ2v) is 10.1. The number of hydrogen-bond donors (Lipinski definition) is 1. The summed E-state index contributed by atoms with van der Waals surface area (Å²) in [5, 5.41) is 3.50. The van der Waals surface area contributed by atoms with E-state index in [0.29, 0.717) is 47.4 Å². The minimum Gasteiger partial charge on any atom is -0.378 e. The smallest absolute Gasteiger partial charge is 0.378 e. The van der Waals surface area contributed by atoms with Gasteiger partial charge < -0.3 is 15.0 Å². The predicted molar refractivity (Wildman–Crippen MR) is 137 cm³/mol. The number of hydrogen-bond acceptors (Lipinski definition) is 7. The van der Waals surface area contributed by atoms with Crippen LogP contribution in [0.15, 0.2) is 46.9 Å². The molecule has 1 aliphatic heterocycles. The van der Waals surface area contributed by atoms with Gasteiger partial charge in [0.25, 0.3) is 5.56 Å². The molecule has 0 radical (unpaired) electrons. The lowest BCUT2D eigenvalue weighted by Gasteiger charge is -2.31. The summed E-state index contributed by atoms with van der Waals surface area (Å²) in [4.78, 5) is 33.9. The Morgan fingerprint density at radius 1 is 1.31 bits per heavy atom. The molecule has 1 fully saturated rings. The largest absolute Gasteiger partial charge is 0.416 e. The molecule has 12 heteroatoms. The Morgan fingerprint density at radius 3 is 2.72 bits per heavy atom. The molecule has 4 rings (SSSR count). The number of morpholine rings is 1. The molecule has 0 atom stereocenters. The first-order valence-electron chi connectivity index (χ1n) is 11.3. The van der Waals surface area contributed by atoms with Crippen LogP contribution in [0.2, 0.25) is 0 Å². The number of alkyl halides is 3. The number of carbonyl (C=O) groups is 1. The Kier molecular flexibility index (Phi) is 8.06. The Morgan fingerprint density at radius 2 is 2.06 bits per heavy atom. The lowest BCUT2D eigenvalue weighted by atomic mass is 10.1. The third-order valence-corrected chi connectivity index (χ3v) is 7.76. The van der Waals surface area contributed by atoms with E-state index in [1.165, 1.54) is 22.0 Å². The quantitative estimate of drug-likeness (QED) is 0.253. The second kappa shape index (κ2) is 11.1. The Balaban J connectivity index is 1.58. The fourth-order valence-corrected chi connectivity index (χ4v) is 5.65. The van der Waals surface area contributed by atoms with Crippen molar-refractivity contribution >= 4 is 50.6 Å². The standard InChI is InChI=1S/C24H25F3N4O3S2/c1-3-7-31-22(33)17-13-16(4-2)36-21(17)29-23(31)35-14-20(32)28-18-12-15(24(25,26)27)5-6-19(18)30-8-10-34-11-9-30/h3,5-6,12-13H,1,4,7-11,14H2,2H3,(H,28,32). The van der Waals surface area contributed by atoms with Crippen LogP contribution in [0.5, 0.6) is 0 Å². The minimum absolute atomic E-state index is 0.0788. The van der Waals surface area contributed by atoms with Crippen LogP contribution in [0.4, 0.5) is 24.5 Å². The Labute approximate surface area is 214 Å². The number of benzene rings is 1. The van der Waals surface area contributed by atoms with Crippen LogP contribution in [-0.4, -0.2) is 47.5 Å². The van der Waals surface area contributed by atoms with Crippen LogP contribution in [0.25, 0.3) is 10.2 Å². The van der Waals surface area contributed by atoms with Crippen LogP contribution < -0.4 is 15.8 Å². The number of halogens is 3. The fourth-order valence-electron chi connectivity index (χ4n) is 3.83. The third kappa shape index (κ3) is 5.76. The van der Waals surface area contributed by atoms with Crippen molar-refractivity contribution in [1.29, 1.82) is 0 Å². The van der Waals surface area contributed by atoms with Crippen molar-refractivity contribution in [3.05, 3.63) is 57.7 Å². The molecule has 0 saturated carbocycles. The van der Waals surface area contributed by atoms with Gasteiger partial charge >= 0.3 is 6.18 Å². The zero-order chi connectivity index (χ0) is 25.9. The van der Waals surface area contributed by atoms with Gasteiger partial charge in [0.15, 0.2) is 5.16 Å². The number of rotatable bonds is 8. The van der Waals surface area contributed by atoms with Gasteiger partial charge in [0, 0.05) is 24.5 Å². The van der Waals surface area contributed by atoms with Crippen molar-refractivity contribution in [3.63, 3.8) is 0 Å². The van der Waals surface area contributed by atoms with Crippen LogP contribution in [0, 0.1) is 0 Å². The molecule has 3 heterocycles. The highest BCUT2D eigenvalue weighted by molar-refractivity contribution is 7.99. The molecule has 1 aliphatic rings. The maximum absolute atomic E-state index is 13.4. The Hall–Kier alpha value is -2.83. The zero-order valence-corrected chi connectivity index (χ0v) is 21.2. The van der Waals surface area contributed by atoms with E-state index in [1.54, 1.807) is 6.08 Å². The number of aryl methyl sites for hydroxylation is 1. The average Bonchev–Trinajstić information content (AvgIpc) is 3.28. The molecular formula is C24H25F3N4O3S2. The van der Waals surface area contributed by atoms with Gasteiger partial charge in [-0.25, -0.2) is 4.98 Å². The molecular weight excluding hydrogens is 513 g/mol. The number of nitrogens with one attached hydrogen (secondary N) is 1. The van der Waals surface area contributed by atoms with E-state index < -0.39 is 17.6 Å². The van der Waals surface area contributed by atoms with Crippen LogP contribution >= 0.6 is 23.1 Å². The molecule has 3 aromatic rings. The highest BCUT2D eigenvalue weighted by atomic mass is 32.2. The number of nitrogens with zero attached hydrogens (tertiary/aromatic N) is 3. The predicted octanol–water partition coefficient (Wildman–Crippen LogP) is 4.79. The summed E-state index contributed by atoms with van der Waals surface area (Å²) in [5.41, 5.74) is -0.487. The van der Waals surface area contributed by atoms with Crippen molar-refractivity contribution < 1.29 is 22.7 Å². The van der Waals surface area contributed by atoms with E-state index in [0.717, 1.165) is 35.2 Å². The SMILES string of the molecule is C=CCn1c(SCC(=O)Nc2cc(C(F)(F)F)ccc2N2CCOCC2)nc2sc(CC)cc2c1=O. The van der Waals surface area contributed by atoms with Gasteiger partial charge in [-0.1, -0.05) is 24.8 Å². The van der Waals surface area contributed by atoms with Gasteiger partial charge in [-0.2, -0.15) is 13.2 Å². The molecule has 0 aliphatic carbocycles. The fraction of sp³-hybridized carbons (Fsp3) is 0.375. The molecule has 0 bridgehead atoms. The van der Waals surface area contributed by atoms with E-state index >= 15 is 0 Å². The molecule has 0 unspecified atom stereocenters. The number of ether oxygens (including phenoxy) is 1. The van der Waals surface area contributed by atoms with Crippen molar-refractivity contribution in [2.45, 2.75) is 31.2 Å². The molecule has 1 saturated heterocycles. The van der Waals surface area contributed by atoms with Gasteiger partial charge in [-0.15, -0.1) is 17.9 Å². The van der Waals surface area contributed by atoms with Gasteiger partial charge in [0.05, 0.1) is 41.3 Å². The number of carbonyl (C=O) groups excluding carboxylic acids is 1. The average molecular weight is 539 g/mol. The lowest BCUT2D eigenvalue weighted by Crippen LogP contribution is -2.37. The third-order valence-electron chi connectivity index (χ3n) is 5.61. The highest BCUT2D eigenvalue weighted by Gasteiger charge is 2.32. The van der Waals surface area contributed by atoms with Crippen LogP contribution in [0.1, 0.15) is 17.4 Å². The highest BCUT2D eigenvalue weighted by Crippen LogP contribution is 2.36. The lowest BCUT2D eigenvalue weighted by molar-refractivity contribution is -0.137. The molecule has 2 aromatic heterocycles. The summed E-state index contributed by atoms with van der Waals surface area (Å²) in [7, 11) is 0. The number of fused-ring (bicyclic) bond motifs is 1. The van der Waals surface area contributed by atoms with Crippen LogP contribution in [-0.2, 0) is 28.7 Å². The molecule has 36 heavy (non-hydrogen) atoms.